The lowest BCUT2D eigenvalue weighted by Crippen LogP contribution is -2.28. The molecular formula is C26H31N3O3S2. The van der Waals surface area contributed by atoms with Crippen molar-refractivity contribution in [3.63, 3.8) is 0 Å². The second-order valence-corrected chi connectivity index (χ2v) is 12.1. The molecule has 1 aromatic heterocycles. The van der Waals surface area contributed by atoms with Gasteiger partial charge in [-0.1, -0.05) is 30.3 Å². The zero-order valence-electron chi connectivity index (χ0n) is 20.1. The molecule has 3 aromatic rings. The number of aromatic nitrogens is 1. The number of pyridine rings is 1. The lowest BCUT2D eigenvalue weighted by molar-refractivity contribution is -0.115. The summed E-state index contributed by atoms with van der Waals surface area (Å²) in [6.07, 6.45) is 2.44. The molecule has 2 heterocycles. The van der Waals surface area contributed by atoms with Gasteiger partial charge < -0.3 is 5.32 Å². The summed E-state index contributed by atoms with van der Waals surface area (Å²) in [5.74, 6) is -0.122. The molecule has 1 N–H and O–H groups in total. The number of nitrogens with zero attached hydrogens (tertiary/aromatic N) is 2. The first kappa shape index (κ1) is 24.7. The largest absolute Gasteiger partial charge is 0.325 e. The van der Waals surface area contributed by atoms with E-state index in [1.165, 1.54) is 21.6 Å². The van der Waals surface area contributed by atoms with E-state index in [9.17, 15) is 13.2 Å². The molecule has 1 unspecified atom stereocenters. The lowest BCUT2D eigenvalue weighted by Gasteiger charge is -2.17. The minimum absolute atomic E-state index is 0.122. The third-order valence-corrected chi connectivity index (χ3v) is 9.38. The van der Waals surface area contributed by atoms with Crippen molar-refractivity contribution >= 4 is 44.3 Å². The van der Waals surface area contributed by atoms with Crippen LogP contribution in [0, 0.1) is 20.8 Å². The maximum absolute atomic E-state index is 13.0. The molecule has 0 saturated carbocycles. The van der Waals surface area contributed by atoms with Crippen LogP contribution in [-0.4, -0.2) is 42.0 Å². The molecule has 2 aromatic carbocycles. The fourth-order valence-corrected chi connectivity index (χ4v) is 6.88. The quantitative estimate of drug-likeness (QED) is 0.439. The molecule has 0 bridgehead atoms. The van der Waals surface area contributed by atoms with E-state index >= 15 is 0 Å². The summed E-state index contributed by atoms with van der Waals surface area (Å²) in [6, 6.07) is 12.8. The summed E-state index contributed by atoms with van der Waals surface area (Å²) in [6.45, 7) is 9.33. The molecule has 0 aliphatic carbocycles. The second-order valence-electron chi connectivity index (χ2n) is 8.89. The molecule has 1 saturated heterocycles. The third kappa shape index (κ3) is 5.14. The van der Waals surface area contributed by atoms with E-state index < -0.39 is 10.0 Å². The van der Waals surface area contributed by atoms with Crippen LogP contribution in [-0.2, 0) is 14.8 Å². The monoisotopic (exact) mass is 497 g/mol. The number of fused-ring (bicyclic) bond motifs is 1. The van der Waals surface area contributed by atoms with Gasteiger partial charge in [0.1, 0.15) is 0 Å². The van der Waals surface area contributed by atoms with Crippen LogP contribution in [0.4, 0.5) is 5.69 Å². The molecule has 0 spiro atoms. The molecule has 1 aliphatic rings. The predicted molar refractivity (Wildman–Crippen MR) is 139 cm³/mol. The lowest BCUT2D eigenvalue weighted by atomic mass is 10.0. The highest BCUT2D eigenvalue weighted by Gasteiger charge is 2.27. The number of amides is 1. The van der Waals surface area contributed by atoms with Gasteiger partial charge in [0, 0.05) is 24.2 Å². The van der Waals surface area contributed by atoms with E-state index in [1.54, 1.807) is 24.3 Å². The van der Waals surface area contributed by atoms with Gasteiger partial charge in [-0.05, 0) is 87.6 Å². The van der Waals surface area contributed by atoms with E-state index in [0.717, 1.165) is 39.9 Å². The number of carbonyl (C=O) groups is 1. The topological polar surface area (TPSA) is 79.4 Å². The van der Waals surface area contributed by atoms with Crippen molar-refractivity contribution in [2.45, 2.75) is 62.1 Å². The Morgan fingerprint density at radius 2 is 1.74 bits per heavy atom. The van der Waals surface area contributed by atoms with E-state index in [0.29, 0.717) is 25.2 Å². The number of rotatable bonds is 7. The van der Waals surface area contributed by atoms with E-state index in [1.807, 2.05) is 13.0 Å². The number of anilines is 1. The Morgan fingerprint density at radius 3 is 2.38 bits per heavy atom. The molecule has 1 atom stereocenters. The van der Waals surface area contributed by atoms with Crippen LogP contribution in [0.3, 0.4) is 0 Å². The highest BCUT2D eigenvalue weighted by molar-refractivity contribution is 8.00. The van der Waals surface area contributed by atoms with Crippen LogP contribution in [0.15, 0.2) is 52.4 Å². The number of thioether (sulfide) groups is 1. The van der Waals surface area contributed by atoms with E-state index in [4.69, 9.17) is 4.98 Å². The number of benzene rings is 2. The SMILES string of the molecule is CCC(Sc1cc(C)c2cc(C)cc(C)c2n1)C(=O)Nc1ccc(S(=O)(=O)N2CCCC2)cc1. The number of carbonyl (C=O) groups excluding carboxylic acids is 1. The zero-order valence-corrected chi connectivity index (χ0v) is 21.7. The Balaban J connectivity index is 1.48. The summed E-state index contributed by atoms with van der Waals surface area (Å²) in [4.78, 5) is 18.1. The standard InChI is InChI=1S/C26H31N3O3S2/c1-5-23(33-24-16-18(3)22-15-17(2)14-19(4)25(22)28-24)26(30)27-20-8-10-21(11-9-20)34(31,32)29-12-6-7-13-29/h8-11,14-16,23H,5-7,12-13H2,1-4H3,(H,27,30). The van der Waals surface area contributed by atoms with Gasteiger partial charge in [-0.15, -0.1) is 0 Å². The molecule has 6 nitrogen and oxygen atoms in total. The van der Waals surface area contributed by atoms with Gasteiger partial charge >= 0.3 is 0 Å². The molecule has 4 rings (SSSR count). The predicted octanol–water partition coefficient (Wildman–Crippen LogP) is 5.45. The van der Waals surface area contributed by atoms with Crippen molar-refractivity contribution in [3.05, 3.63) is 59.2 Å². The van der Waals surface area contributed by atoms with Crippen molar-refractivity contribution in [3.8, 4) is 0 Å². The average Bonchev–Trinajstić information content (AvgIpc) is 3.34. The summed E-state index contributed by atoms with van der Waals surface area (Å²) in [5.41, 5.74) is 5.03. The number of aryl methyl sites for hydroxylation is 3. The number of hydrogen-bond donors (Lipinski definition) is 1. The zero-order chi connectivity index (χ0) is 24.5. The molecule has 0 radical (unpaired) electrons. The first-order valence-corrected chi connectivity index (χ1v) is 14.0. The van der Waals surface area contributed by atoms with Crippen LogP contribution in [0.25, 0.3) is 10.9 Å². The fraction of sp³-hybridized carbons (Fsp3) is 0.385. The highest BCUT2D eigenvalue weighted by Crippen LogP contribution is 2.31. The smallest absolute Gasteiger partial charge is 0.243 e. The fourth-order valence-electron chi connectivity index (χ4n) is 4.35. The van der Waals surface area contributed by atoms with Gasteiger partial charge in [0.05, 0.1) is 20.7 Å². The van der Waals surface area contributed by atoms with Crippen LogP contribution < -0.4 is 5.32 Å². The third-order valence-electron chi connectivity index (χ3n) is 6.18. The van der Waals surface area contributed by atoms with Crippen LogP contribution in [0.2, 0.25) is 0 Å². The van der Waals surface area contributed by atoms with Gasteiger partial charge in [0.15, 0.2) is 0 Å². The van der Waals surface area contributed by atoms with Gasteiger partial charge in [-0.3, -0.25) is 4.79 Å². The van der Waals surface area contributed by atoms with E-state index in [2.05, 4.69) is 38.2 Å². The molecule has 1 amide bonds. The minimum Gasteiger partial charge on any atom is -0.325 e. The van der Waals surface area contributed by atoms with Crippen molar-refractivity contribution in [1.29, 1.82) is 0 Å². The number of sulfonamides is 1. The van der Waals surface area contributed by atoms with E-state index in [-0.39, 0.29) is 16.1 Å². The van der Waals surface area contributed by atoms with Gasteiger partial charge in [-0.25, -0.2) is 13.4 Å². The van der Waals surface area contributed by atoms with Crippen molar-refractivity contribution < 1.29 is 13.2 Å². The Labute approximate surface area is 206 Å². The maximum Gasteiger partial charge on any atom is 0.243 e. The Hall–Kier alpha value is -2.42. The molecular weight excluding hydrogens is 466 g/mol. The summed E-state index contributed by atoms with van der Waals surface area (Å²) in [7, 11) is -3.47. The number of nitrogens with one attached hydrogen (secondary N) is 1. The average molecular weight is 498 g/mol. The van der Waals surface area contributed by atoms with Crippen LogP contribution in [0.5, 0.6) is 0 Å². The minimum atomic E-state index is -3.47. The van der Waals surface area contributed by atoms with Gasteiger partial charge in [0.25, 0.3) is 0 Å². The first-order valence-electron chi connectivity index (χ1n) is 11.7. The molecule has 34 heavy (non-hydrogen) atoms. The Kier molecular flexibility index (Phi) is 7.31. The Morgan fingerprint density at radius 1 is 1.06 bits per heavy atom. The number of hydrogen-bond acceptors (Lipinski definition) is 5. The molecule has 8 heteroatoms. The second kappa shape index (κ2) is 10.1. The van der Waals surface area contributed by atoms with Gasteiger partial charge in [-0.2, -0.15) is 4.31 Å². The van der Waals surface area contributed by atoms with Crippen LogP contribution >= 0.6 is 11.8 Å². The molecule has 180 valence electrons. The van der Waals surface area contributed by atoms with Crippen molar-refractivity contribution in [2.75, 3.05) is 18.4 Å². The first-order chi connectivity index (χ1) is 16.2. The van der Waals surface area contributed by atoms with Gasteiger partial charge in [0.2, 0.25) is 15.9 Å². The molecule has 1 aliphatic heterocycles. The van der Waals surface area contributed by atoms with Crippen LogP contribution in [0.1, 0.15) is 42.9 Å². The van der Waals surface area contributed by atoms with Crippen molar-refractivity contribution in [1.82, 2.24) is 9.29 Å². The molecule has 1 fully saturated rings. The normalized spacial score (nSPS) is 15.5. The highest BCUT2D eigenvalue weighted by atomic mass is 32.2. The Bertz CT molecular complexity index is 1320. The summed E-state index contributed by atoms with van der Waals surface area (Å²) < 4.78 is 27.0. The van der Waals surface area contributed by atoms with Crippen molar-refractivity contribution in [2.24, 2.45) is 0 Å². The summed E-state index contributed by atoms with van der Waals surface area (Å²) in [5, 5.41) is 4.59. The maximum atomic E-state index is 13.0. The summed E-state index contributed by atoms with van der Waals surface area (Å²) >= 11 is 1.46.